The van der Waals surface area contributed by atoms with Crippen LogP contribution in [0.15, 0.2) is 48.3 Å². The second-order valence-electron chi connectivity index (χ2n) is 13.7. The summed E-state index contributed by atoms with van der Waals surface area (Å²) in [7, 11) is 3.61. The Hall–Kier alpha value is -3.75. The Bertz CT molecular complexity index is 1460. The first kappa shape index (κ1) is 41.7. The Morgan fingerprint density at radius 2 is 1.90 bits per heavy atom. The molecular formula is C39H53N3O9. The van der Waals surface area contributed by atoms with Crippen LogP contribution >= 0.6 is 0 Å². The Balaban J connectivity index is 1.93. The Kier molecular flexibility index (Phi) is 16.6. The minimum atomic E-state index is -1.29. The highest BCUT2D eigenvalue weighted by atomic mass is 16.7. The number of carbonyl (C=O) groups is 3. The number of aromatic nitrogens is 1. The van der Waals surface area contributed by atoms with Crippen molar-refractivity contribution in [1.29, 1.82) is 5.26 Å². The third-order valence-electron chi connectivity index (χ3n) is 9.60. The molecule has 0 bridgehead atoms. The standard InChI is InChI=1S/C39H53N3O9/c1-8-33-30(22-40)19-24(2)13-14-31(44)25(3)20-29(15-17-43)37(26(4)32(45)21-34(46)50-33)51-39-36(47)35(42(6)7)38(27(5)49-39)48-18-10-12-28-11-9-16-41-23-28/h9,11,13-14,16-17,19,23,25-27,29-30,32-33,35-39,45,47H,8,15,18,20-21H2,1-7H3/b14-13+,24-19+/t25-,26+,27-,29+,30-,32-,33-,35-,36-,37-,38-,39+/m1/s1. The van der Waals surface area contributed by atoms with Crippen LogP contribution in [0, 0.1) is 46.8 Å². The lowest BCUT2D eigenvalue weighted by molar-refractivity contribution is -0.307. The van der Waals surface area contributed by atoms with E-state index in [1.165, 1.54) is 6.08 Å². The maximum atomic E-state index is 13.3. The molecule has 0 saturated carbocycles. The van der Waals surface area contributed by atoms with Gasteiger partial charge in [0, 0.05) is 36.2 Å². The first-order valence-corrected chi connectivity index (χ1v) is 17.6. The predicted molar refractivity (Wildman–Crippen MR) is 188 cm³/mol. The molecule has 51 heavy (non-hydrogen) atoms. The predicted octanol–water partition coefficient (Wildman–Crippen LogP) is 3.40. The van der Waals surface area contributed by atoms with E-state index in [4.69, 9.17) is 18.9 Å². The molecule has 0 aliphatic carbocycles. The second kappa shape index (κ2) is 20.3. The lowest BCUT2D eigenvalue weighted by Crippen LogP contribution is -2.64. The molecule has 0 aromatic carbocycles. The van der Waals surface area contributed by atoms with Crippen LogP contribution in [0.4, 0.5) is 0 Å². The van der Waals surface area contributed by atoms with Crippen LogP contribution in [0.25, 0.3) is 0 Å². The molecule has 3 heterocycles. The number of pyridine rings is 1. The zero-order valence-electron chi connectivity index (χ0n) is 30.7. The topological polar surface area (TPSA) is 169 Å². The van der Waals surface area contributed by atoms with Crippen LogP contribution in [0.1, 0.15) is 65.9 Å². The van der Waals surface area contributed by atoms with Gasteiger partial charge in [-0.3, -0.25) is 14.6 Å². The van der Waals surface area contributed by atoms with E-state index in [0.717, 1.165) is 11.8 Å². The van der Waals surface area contributed by atoms with Crippen molar-refractivity contribution < 1.29 is 43.5 Å². The van der Waals surface area contributed by atoms with Gasteiger partial charge in [0.1, 0.15) is 37.1 Å². The molecule has 2 aliphatic heterocycles. The number of esters is 1. The molecule has 0 unspecified atom stereocenters. The lowest BCUT2D eigenvalue weighted by Gasteiger charge is -2.47. The smallest absolute Gasteiger partial charge is 0.308 e. The maximum absolute atomic E-state index is 13.3. The first-order chi connectivity index (χ1) is 24.3. The lowest BCUT2D eigenvalue weighted by atomic mass is 9.79. The summed E-state index contributed by atoms with van der Waals surface area (Å²) in [6, 6.07) is 5.20. The molecule has 3 rings (SSSR count). The number of rotatable bonds is 8. The summed E-state index contributed by atoms with van der Waals surface area (Å²) in [5.74, 6) is 2.43. The zero-order chi connectivity index (χ0) is 37.7. The molecule has 12 heteroatoms. The van der Waals surface area contributed by atoms with Gasteiger partial charge in [-0.2, -0.15) is 5.26 Å². The number of aldehydes is 1. The third kappa shape index (κ3) is 11.9. The van der Waals surface area contributed by atoms with Crippen molar-refractivity contribution in [3.63, 3.8) is 0 Å². The Morgan fingerprint density at radius 1 is 1.16 bits per heavy atom. The Morgan fingerprint density at radius 3 is 2.53 bits per heavy atom. The number of cyclic esters (lactones) is 1. The highest BCUT2D eigenvalue weighted by Crippen LogP contribution is 2.35. The molecule has 2 aliphatic rings. The van der Waals surface area contributed by atoms with E-state index in [1.54, 1.807) is 79.3 Å². The van der Waals surface area contributed by atoms with E-state index in [2.05, 4.69) is 22.9 Å². The normalized spacial score (nSPS) is 35.7. The first-order valence-electron chi connectivity index (χ1n) is 17.6. The fourth-order valence-electron chi connectivity index (χ4n) is 6.69. The van der Waals surface area contributed by atoms with Gasteiger partial charge in [0.2, 0.25) is 0 Å². The van der Waals surface area contributed by atoms with Gasteiger partial charge in [-0.25, -0.2) is 0 Å². The van der Waals surface area contributed by atoms with Crippen LogP contribution in [0.3, 0.4) is 0 Å². The fourth-order valence-corrected chi connectivity index (χ4v) is 6.69. The molecule has 12 nitrogen and oxygen atoms in total. The molecule has 12 atom stereocenters. The summed E-state index contributed by atoms with van der Waals surface area (Å²) in [6.07, 6.45) is 2.34. The van der Waals surface area contributed by atoms with Crippen molar-refractivity contribution in [3.8, 4) is 17.9 Å². The van der Waals surface area contributed by atoms with Gasteiger partial charge in [0.05, 0.1) is 36.8 Å². The highest BCUT2D eigenvalue weighted by molar-refractivity contribution is 5.91. The van der Waals surface area contributed by atoms with Crippen LogP contribution in [-0.2, 0) is 33.3 Å². The van der Waals surface area contributed by atoms with E-state index in [9.17, 15) is 29.9 Å². The number of nitrogens with zero attached hydrogens (tertiary/aromatic N) is 3. The molecule has 1 aromatic rings. The van der Waals surface area contributed by atoms with Gasteiger partial charge in [-0.05, 0) is 64.9 Å². The minimum absolute atomic E-state index is 0.00891. The van der Waals surface area contributed by atoms with E-state index in [1.807, 2.05) is 11.0 Å². The van der Waals surface area contributed by atoms with Crippen LogP contribution < -0.4 is 0 Å². The monoisotopic (exact) mass is 707 g/mol. The van der Waals surface area contributed by atoms with Gasteiger partial charge >= 0.3 is 5.97 Å². The number of nitriles is 1. The molecule has 1 fully saturated rings. The van der Waals surface area contributed by atoms with Gasteiger partial charge in [-0.1, -0.05) is 50.3 Å². The largest absolute Gasteiger partial charge is 0.461 e. The summed E-state index contributed by atoms with van der Waals surface area (Å²) in [5.41, 5.74) is 1.39. The van der Waals surface area contributed by atoms with Crippen molar-refractivity contribution in [1.82, 2.24) is 9.88 Å². The summed E-state index contributed by atoms with van der Waals surface area (Å²) < 4.78 is 24.6. The van der Waals surface area contributed by atoms with Crippen LogP contribution in [0.5, 0.6) is 0 Å². The fraction of sp³-hybridized carbons (Fsp3) is 0.615. The van der Waals surface area contributed by atoms with Gasteiger partial charge in [-0.15, -0.1) is 0 Å². The highest BCUT2D eigenvalue weighted by Gasteiger charge is 2.48. The minimum Gasteiger partial charge on any atom is -0.461 e. The van der Waals surface area contributed by atoms with E-state index in [0.29, 0.717) is 12.0 Å². The van der Waals surface area contributed by atoms with E-state index < -0.39 is 85.0 Å². The number of aliphatic hydroxyl groups is 2. The summed E-state index contributed by atoms with van der Waals surface area (Å²) in [4.78, 5) is 44.3. The average Bonchev–Trinajstić information content (AvgIpc) is 3.10. The molecule has 0 spiro atoms. The maximum Gasteiger partial charge on any atom is 0.308 e. The van der Waals surface area contributed by atoms with E-state index in [-0.39, 0.29) is 25.2 Å². The molecule has 2 N–H and O–H groups in total. The molecule has 0 amide bonds. The number of aliphatic hydroxyl groups excluding tert-OH is 2. The Labute approximate surface area is 301 Å². The summed E-state index contributed by atoms with van der Waals surface area (Å²) in [5, 5.41) is 32.9. The summed E-state index contributed by atoms with van der Waals surface area (Å²) in [6.45, 7) is 8.86. The average molecular weight is 708 g/mol. The van der Waals surface area contributed by atoms with E-state index >= 15 is 0 Å². The van der Waals surface area contributed by atoms with Crippen molar-refractivity contribution in [2.45, 2.75) is 109 Å². The van der Waals surface area contributed by atoms with Gasteiger partial charge in [0.25, 0.3) is 0 Å². The zero-order valence-corrected chi connectivity index (χ0v) is 30.7. The number of allylic oxidation sites excluding steroid dienone is 3. The molecular weight excluding hydrogens is 654 g/mol. The molecule has 278 valence electrons. The second-order valence-corrected chi connectivity index (χ2v) is 13.7. The number of hydrogen-bond donors (Lipinski definition) is 2. The molecule has 0 radical (unpaired) electrons. The van der Waals surface area contributed by atoms with Crippen LogP contribution in [0.2, 0.25) is 0 Å². The van der Waals surface area contributed by atoms with Gasteiger partial charge in [0.15, 0.2) is 12.1 Å². The molecule has 1 aromatic heterocycles. The number of ketones is 1. The van der Waals surface area contributed by atoms with Crippen molar-refractivity contribution in [2.24, 2.45) is 23.7 Å². The van der Waals surface area contributed by atoms with Crippen molar-refractivity contribution in [3.05, 3.63) is 53.9 Å². The SMILES string of the molecule is CC[C@H]1OC(=O)C[C@@H](O)[C@H](C)[C@@H](O[C@@H]2O[C@H](C)[C@@H](OCC#Cc3cccnc3)[C@H](N(C)C)[C@H]2O)[C@@H](CC=O)C[C@@H](C)C(=O)/C=C/C(C)=C/[C@@H]1C#N. The quantitative estimate of drug-likeness (QED) is 0.230. The summed E-state index contributed by atoms with van der Waals surface area (Å²) >= 11 is 0. The number of likely N-dealkylation sites (N-methyl/N-ethyl adjacent to an activating group) is 1. The van der Waals surface area contributed by atoms with Gasteiger partial charge < -0.3 is 38.9 Å². The van der Waals surface area contributed by atoms with Crippen molar-refractivity contribution in [2.75, 3.05) is 20.7 Å². The number of carbonyl (C=O) groups excluding carboxylic acids is 3. The van der Waals surface area contributed by atoms with Crippen LogP contribution in [-0.4, -0.2) is 108 Å². The molecule has 1 saturated heterocycles. The van der Waals surface area contributed by atoms with Crippen molar-refractivity contribution >= 4 is 18.0 Å². The third-order valence-corrected chi connectivity index (χ3v) is 9.60. The number of ether oxygens (including phenoxy) is 4. The number of hydrogen-bond acceptors (Lipinski definition) is 12.